The molecular weight excluding hydrogens is 236 g/mol. The monoisotopic (exact) mass is 262 g/mol. The number of hydrogen-bond donors (Lipinski definition) is 1. The predicted molar refractivity (Wildman–Crippen MR) is 75.0 cm³/mol. The van der Waals surface area contributed by atoms with Gasteiger partial charge in [-0.25, -0.2) is 0 Å². The lowest BCUT2D eigenvalue weighted by Crippen LogP contribution is -3.14. The third-order valence-corrected chi connectivity index (χ3v) is 16.7. The summed E-state index contributed by atoms with van der Waals surface area (Å²) in [5.74, 6) is 5.10. The average Bonchev–Trinajstić information content (AvgIpc) is 2.42. The Morgan fingerprint density at radius 2 is 1.44 bits per heavy atom. The van der Waals surface area contributed by atoms with E-state index in [-0.39, 0.29) is 0 Å². The molecule has 0 saturated heterocycles. The molecule has 0 aromatic carbocycles. The maximum atomic E-state index is 9.92. The van der Waals surface area contributed by atoms with Crippen molar-refractivity contribution in [1.82, 2.24) is 0 Å². The molecule has 2 heteroatoms. The van der Waals surface area contributed by atoms with Crippen LogP contribution in [0.4, 0.5) is 0 Å². The molecule has 0 heterocycles. The van der Waals surface area contributed by atoms with E-state index in [1.165, 1.54) is 18.1 Å². The zero-order chi connectivity index (χ0) is 12.7. The Bertz CT molecular complexity index is 437. The van der Waals surface area contributed by atoms with Crippen LogP contribution >= 0.6 is 0 Å². The molecule has 4 unspecified atom stereocenters. The molecular formula is C16H26OSi. The lowest BCUT2D eigenvalue weighted by Gasteiger charge is -3.17. The van der Waals surface area contributed by atoms with Crippen molar-refractivity contribution in [2.24, 2.45) is 40.4 Å². The largest absolute Gasteiger partial charge is 0.396 e. The van der Waals surface area contributed by atoms with Crippen molar-refractivity contribution >= 4 is 8.07 Å². The molecule has 6 rings (SSSR count). The molecule has 6 fully saturated rings. The molecule has 18 heavy (non-hydrogen) atoms. The van der Waals surface area contributed by atoms with E-state index in [2.05, 4.69) is 27.7 Å². The highest BCUT2D eigenvalue weighted by Crippen LogP contribution is 3.19. The molecule has 100 valence electrons. The van der Waals surface area contributed by atoms with Gasteiger partial charge in [0.2, 0.25) is 0 Å². The fraction of sp³-hybridized carbons (Fsp3) is 1.00. The molecule has 0 radical (unpaired) electrons. The highest BCUT2D eigenvalue weighted by atomic mass is 28.3. The second-order valence-electron chi connectivity index (χ2n) is 8.30. The molecule has 6 aliphatic rings. The van der Waals surface area contributed by atoms with E-state index < -0.39 is 8.07 Å². The summed E-state index contributed by atoms with van der Waals surface area (Å²) in [7, 11) is -1.09. The minimum atomic E-state index is -1.09. The molecule has 0 aromatic heterocycles. The molecule has 6 aliphatic carbocycles. The molecule has 0 aliphatic heterocycles. The first-order valence-corrected chi connectivity index (χ1v) is 10.8. The summed E-state index contributed by atoms with van der Waals surface area (Å²) >= 11 is 0. The van der Waals surface area contributed by atoms with E-state index in [1.54, 1.807) is 0 Å². The van der Waals surface area contributed by atoms with Crippen LogP contribution < -0.4 is 0 Å². The molecule has 1 N–H and O–H groups in total. The molecule has 0 bridgehead atoms. The van der Waals surface area contributed by atoms with Crippen LogP contribution in [0.15, 0.2) is 0 Å². The van der Waals surface area contributed by atoms with Gasteiger partial charge < -0.3 is 5.11 Å². The summed E-state index contributed by atoms with van der Waals surface area (Å²) in [4.78, 5) is 0. The Balaban J connectivity index is 1.64. The maximum Gasteiger partial charge on any atom is 0.0603 e. The smallest absolute Gasteiger partial charge is 0.0603 e. The fourth-order valence-corrected chi connectivity index (χ4v) is 16.5. The van der Waals surface area contributed by atoms with E-state index in [4.69, 9.17) is 0 Å². The zero-order valence-electron chi connectivity index (χ0n) is 12.2. The van der Waals surface area contributed by atoms with E-state index in [0.717, 1.165) is 40.0 Å². The van der Waals surface area contributed by atoms with Crippen LogP contribution in [0.3, 0.4) is 0 Å². The molecule has 0 spiro atoms. The van der Waals surface area contributed by atoms with Crippen LogP contribution in [0, 0.1) is 40.4 Å². The summed E-state index contributed by atoms with van der Waals surface area (Å²) in [6.07, 6.45) is 0. The molecule has 0 amide bonds. The van der Waals surface area contributed by atoms with E-state index in [1.807, 2.05) is 0 Å². The topological polar surface area (TPSA) is 20.2 Å². The summed E-state index contributed by atoms with van der Waals surface area (Å²) < 4.78 is 0. The van der Waals surface area contributed by atoms with Crippen molar-refractivity contribution < 1.29 is 5.11 Å². The van der Waals surface area contributed by atoms with Gasteiger partial charge in [0.25, 0.3) is 0 Å². The van der Waals surface area contributed by atoms with Crippen LogP contribution in [0.1, 0.15) is 27.7 Å². The number of rotatable bonds is 5. The van der Waals surface area contributed by atoms with Crippen molar-refractivity contribution in [3.63, 3.8) is 0 Å². The van der Waals surface area contributed by atoms with Crippen LogP contribution in [0.5, 0.6) is 0 Å². The van der Waals surface area contributed by atoms with E-state index in [0.29, 0.717) is 12.0 Å². The van der Waals surface area contributed by atoms with Gasteiger partial charge in [-0.3, -0.25) is 0 Å². The number of aliphatic hydroxyl groups excluding tert-OH is 1. The Hall–Kier alpha value is 0.177. The average molecular weight is 262 g/mol. The molecule has 4 atom stereocenters. The van der Waals surface area contributed by atoms with Gasteiger partial charge in [-0.1, -0.05) is 45.8 Å². The minimum Gasteiger partial charge on any atom is -0.396 e. The van der Waals surface area contributed by atoms with Crippen LogP contribution in [-0.2, 0) is 0 Å². The fourth-order valence-electron chi connectivity index (χ4n) is 9.59. The van der Waals surface area contributed by atoms with Crippen LogP contribution in [-0.4, -0.2) is 19.8 Å². The number of hydrogen-bond acceptors (Lipinski definition) is 1. The zero-order valence-corrected chi connectivity index (χ0v) is 13.2. The Morgan fingerprint density at radius 3 is 1.83 bits per heavy atom. The van der Waals surface area contributed by atoms with Crippen LogP contribution in [0.2, 0.25) is 23.2 Å². The summed E-state index contributed by atoms with van der Waals surface area (Å²) in [6.45, 7) is 10.6. The first kappa shape index (κ1) is 10.9. The van der Waals surface area contributed by atoms with Crippen molar-refractivity contribution in [3.05, 3.63) is 0 Å². The van der Waals surface area contributed by atoms with Gasteiger partial charge in [-0.15, -0.1) is 0 Å². The first-order chi connectivity index (χ1) is 8.60. The van der Waals surface area contributed by atoms with Gasteiger partial charge in [-0.05, 0) is 40.0 Å². The van der Waals surface area contributed by atoms with Crippen molar-refractivity contribution in [2.45, 2.75) is 50.9 Å². The molecule has 0 aromatic rings. The third kappa shape index (κ3) is 0.479. The summed E-state index contributed by atoms with van der Waals surface area (Å²) in [5, 5.41) is 10.7. The van der Waals surface area contributed by atoms with Crippen LogP contribution in [0.25, 0.3) is 0 Å². The van der Waals surface area contributed by atoms with Gasteiger partial charge in [0.15, 0.2) is 0 Å². The maximum absolute atomic E-state index is 9.92. The Morgan fingerprint density at radius 1 is 0.944 bits per heavy atom. The second-order valence-corrected chi connectivity index (χ2v) is 13.8. The van der Waals surface area contributed by atoms with Gasteiger partial charge in [0, 0.05) is 12.0 Å². The highest BCUT2D eigenvalue weighted by Gasteiger charge is 3.14. The van der Waals surface area contributed by atoms with Crippen molar-refractivity contribution in [2.75, 3.05) is 6.61 Å². The van der Waals surface area contributed by atoms with Gasteiger partial charge in [-0.2, -0.15) is 0 Å². The Kier molecular flexibility index (Phi) is 1.46. The van der Waals surface area contributed by atoms with Crippen molar-refractivity contribution in [1.29, 1.82) is 0 Å². The first-order valence-electron chi connectivity index (χ1n) is 8.21. The van der Waals surface area contributed by atoms with Gasteiger partial charge in [0.1, 0.15) is 0 Å². The van der Waals surface area contributed by atoms with Gasteiger partial charge in [0.05, 0.1) is 8.07 Å². The lowest BCUT2D eigenvalue weighted by atomic mass is 8.92. The van der Waals surface area contributed by atoms with E-state index in [9.17, 15) is 5.11 Å². The minimum absolute atomic E-state index is 0.491. The van der Waals surface area contributed by atoms with Gasteiger partial charge >= 0.3 is 0 Å². The van der Waals surface area contributed by atoms with E-state index >= 15 is 0 Å². The summed E-state index contributed by atoms with van der Waals surface area (Å²) in [6, 6.07) is 4.48. The quantitative estimate of drug-likeness (QED) is 0.753. The highest BCUT2D eigenvalue weighted by molar-refractivity contribution is 6.84. The summed E-state index contributed by atoms with van der Waals surface area (Å²) in [5.41, 5.74) is 1.27. The lowest BCUT2D eigenvalue weighted by molar-refractivity contribution is -0.647. The predicted octanol–water partition coefficient (Wildman–Crippen LogP) is 3.37. The Labute approximate surface area is 111 Å². The normalized spacial score (nSPS) is 68.2. The third-order valence-electron chi connectivity index (χ3n) is 9.71. The molecule has 1 nitrogen and oxygen atoms in total. The SMILES string of the molecule is CC[Si](CC)(CC)C12C3C4C5C(C1C53CO)C42C. The van der Waals surface area contributed by atoms with Crippen molar-refractivity contribution in [3.8, 4) is 0 Å². The second kappa shape index (κ2) is 2.41. The standard InChI is InChI=1S/C16H26OSi/c1-5-18(6-2,7-3)16-12-10-9-11(14(10,16)4)13(16)15(9,12)8-17/h9-13,17H,5-8H2,1-4H3. The molecule has 6 saturated carbocycles. The number of aliphatic hydroxyl groups is 1.